The van der Waals surface area contributed by atoms with Crippen LogP contribution in [0.15, 0.2) is 52.0 Å². The third kappa shape index (κ3) is 5.12. The minimum absolute atomic E-state index is 0.126. The molecule has 4 rings (SSSR count). The highest BCUT2D eigenvalue weighted by atomic mass is 32.2. The summed E-state index contributed by atoms with van der Waals surface area (Å²) in [6.45, 7) is 15.8. The van der Waals surface area contributed by atoms with Crippen molar-refractivity contribution in [1.29, 1.82) is 0 Å². The van der Waals surface area contributed by atoms with Gasteiger partial charge in [0.1, 0.15) is 18.0 Å². The number of hydrogen-bond acceptors (Lipinski definition) is 7. The monoisotopic (exact) mass is 535 g/mol. The zero-order valence-corrected chi connectivity index (χ0v) is 24.0. The number of sulfonamides is 1. The summed E-state index contributed by atoms with van der Waals surface area (Å²) in [7, 11) is -6.46. The molecule has 2 aliphatic rings. The summed E-state index contributed by atoms with van der Waals surface area (Å²) in [5.74, 6) is -1.64. The Balaban J connectivity index is 1.85. The Bertz CT molecular complexity index is 1200. The van der Waals surface area contributed by atoms with Crippen LogP contribution in [0.3, 0.4) is 0 Å². The van der Waals surface area contributed by atoms with Gasteiger partial charge < -0.3 is 18.3 Å². The molecule has 198 valence electrons. The van der Waals surface area contributed by atoms with Gasteiger partial charge in [0.2, 0.25) is 10.0 Å². The summed E-state index contributed by atoms with van der Waals surface area (Å²) in [5.41, 5.74) is 0.948. The van der Waals surface area contributed by atoms with Gasteiger partial charge in [0.25, 0.3) is 0 Å². The fourth-order valence-electron chi connectivity index (χ4n) is 4.54. The van der Waals surface area contributed by atoms with Crippen LogP contribution < -0.4 is 4.72 Å². The fourth-order valence-corrected chi connectivity index (χ4v) is 7.12. The van der Waals surface area contributed by atoms with Crippen LogP contribution in [0.2, 0.25) is 18.1 Å². The van der Waals surface area contributed by atoms with Crippen LogP contribution in [0.25, 0.3) is 0 Å². The topological polar surface area (TPSA) is 104 Å². The molecular weight excluding hydrogens is 498 g/mol. The third-order valence-corrected chi connectivity index (χ3v) is 13.4. The minimum Gasteiger partial charge on any atom is -0.469 e. The maximum Gasteiger partial charge on any atom is 0.240 e. The zero-order valence-electron chi connectivity index (χ0n) is 22.2. The highest BCUT2D eigenvalue weighted by Crippen LogP contribution is 2.46. The van der Waals surface area contributed by atoms with Crippen LogP contribution in [0.1, 0.15) is 51.9 Å². The van der Waals surface area contributed by atoms with Crippen molar-refractivity contribution in [3.05, 3.63) is 54.0 Å². The second-order valence-corrected chi connectivity index (χ2v) is 18.2. The molecule has 2 heterocycles. The van der Waals surface area contributed by atoms with Gasteiger partial charge in [-0.25, -0.2) is 13.1 Å². The van der Waals surface area contributed by atoms with Crippen LogP contribution in [0.4, 0.5) is 0 Å². The molecule has 1 aromatic heterocycles. The van der Waals surface area contributed by atoms with Crippen LogP contribution in [0.5, 0.6) is 0 Å². The molecule has 1 N–H and O–H groups in total. The second kappa shape index (κ2) is 9.18. The molecule has 0 unspecified atom stereocenters. The first-order valence-corrected chi connectivity index (χ1v) is 16.6. The predicted molar refractivity (Wildman–Crippen MR) is 138 cm³/mol. The first-order valence-electron chi connectivity index (χ1n) is 12.2. The lowest BCUT2D eigenvalue weighted by Gasteiger charge is -2.54. The van der Waals surface area contributed by atoms with Gasteiger partial charge in [-0.1, -0.05) is 38.5 Å². The van der Waals surface area contributed by atoms with Crippen molar-refractivity contribution in [3.8, 4) is 0 Å². The number of aryl methyl sites for hydroxylation is 1. The van der Waals surface area contributed by atoms with Gasteiger partial charge in [-0.2, -0.15) is 0 Å². The zero-order chi connectivity index (χ0) is 26.7. The fraction of sp³-hybridized carbons (Fsp3) is 0.577. The Morgan fingerprint density at radius 2 is 1.64 bits per heavy atom. The summed E-state index contributed by atoms with van der Waals surface area (Å²) in [4.78, 5) is 13.8. The molecular formula is C26H37NO7SSi. The molecule has 1 aliphatic carbocycles. The maximum absolute atomic E-state index is 13.6. The second-order valence-electron chi connectivity index (χ2n) is 11.7. The van der Waals surface area contributed by atoms with Crippen LogP contribution in [-0.4, -0.2) is 52.7 Å². The van der Waals surface area contributed by atoms with Crippen LogP contribution in [0, 0.1) is 6.92 Å². The predicted octanol–water partition coefficient (Wildman–Crippen LogP) is 4.51. The molecule has 1 aliphatic heterocycles. The van der Waals surface area contributed by atoms with E-state index < -0.39 is 54.4 Å². The van der Waals surface area contributed by atoms with E-state index >= 15 is 0 Å². The van der Waals surface area contributed by atoms with Gasteiger partial charge in [-0.05, 0) is 63.2 Å². The van der Waals surface area contributed by atoms with Gasteiger partial charge in [0.15, 0.2) is 19.9 Å². The van der Waals surface area contributed by atoms with Crippen LogP contribution in [-0.2, 0) is 28.7 Å². The maximum atomic E-state index is 13.6. The molecule has 10 heteroatoms. The molecule has 36 heavy (non-hydrogen) atoms. The number of fused-ring (bicyclic) bond motifs is 2. The van der Waals surface area contributed by atoms with Crippen molar-refractivity contribution in [3.63, 3.8) is 0 Å². The van der Waals surface area contributed by atoms with E-state index in [0.717, 1.165) is 5.56 Å². The Hall–Kier alpha value is -1.82. The lowest BCUT2D eigenvalue weighted by atomic mass is 9.75. The normalized spacial score (nSPS) is 28.8. The number of hydrogen-bond donors (Lipinski definition) is 1. The molecule has 0 amide bonds. The van der Waals surface area contributed by atoms with Gasteiger partial charge in [0, 0.05) is 0 Å². The third-order valence-electron chi connectivity index (χ3n) is 7.48. The van der Waals surface area contributed by atoms with Crippen LogP contribution >= 0.6 is 0 Å². The Morgan fingerprint density at radius 1 is 1.03 bits per heavy atom. The average Bonchev–Trinajstić information content (AvgIpc) is 3.26. The molecule has 1 aromatic carbocycles. The van der Waals surface area contributed by atoms with Crippen molar-refractivity contribution >= 4 is 24.1 Å². The SMILES string of the molecule is Cc1ccc(S(=O)(=O)N[C@H]2[C@H](O[Si](C)(C)C(C)(C)C)[C@@H]3OC(C)(C)O[C@@H](C3=O)[C@@H]2c2ccco2)cc1. The number of Topliss-reactive ketones (excluding diaryl/α,β-unsaturated/α-hetero) is 1. The number of carbonyl (C=O) groups is 1. The van der Waals surface area contributed by atoms with Gasteiger partial charge in [-0.3, -0.25) is 4.79 Å². The van der Waals surface area contributed by atoms with E-state index in [4.69, 9.17) is 18.3 Å². The molecule has 8 nitrogen and oxygen atoms in total. The Labute approximate surface area is 214 Å². The van der Waals surface area contributed by atoms with Crippen molar-refractivity contribution in [2.24, 2.45) is 0 Å². The summed E-state index contributed by atoms with van der Waals surface area (Å²) in [6, 6.07) is 9.20. The summed E-state index contributed by atoms with van der Waals surface area (Å²) < 4.78 is 54.8. The summed E-state index contributed by atoms with van der Waals surface area (Å²) in [6.07, 6.45) is -1.33. The molecule has 2 aromatic rings. The van der Waals surface area contributed by atoms with E-state index in [-0.39, 0.29) is 15.7 Å². The van der Waals surface area contributed by atoms with Crippen molar-refractivity contribution in [2.75, 3.05) is 0 Å². The molecule has 5 atom stereocenters. The molecule has 1 saturated heterocycles. The first kappa shape index (κ1) is 27.2. The summed E-state index contributed by atoms with van der Waals surface area (Å²) >= 11 is 0. The molecule has 2 fully saturated rings. The quantitative estimate of drug-likeness (QED) is 0.543. The smallest absolute Gasteiger partial charge is 0.240 e. The number of carbonyl (C=O) groups excluding carboxylic acids is 1. The highest BCUT2D eigenvalue weighted by molar-refractivity contribution is 7.89. The lowest BCUT2D eigenvalue weighted by molar-refractivity contribution is -0.307. The number of benzene rings is 1. The standard InChI is InChI=1S/C26H37NO7SSi/c1-16-11-13-17(14-12-16)35(29,30)27-20-19(18-10-9-15-31-18)22-21(28)24(33-26(5,6)32-22)23(20)34-36(7,8)25(2,3)4/h9-15,19-20,22-24,27H,1-8H3/t19-,20-,22-,23+,24-/m1/s1. The number of furan rings is 1. The summed E-state index contributed by atoms with van der Waals surface area (Å²) in [5, 5.41) is -0.186. The van der Waals surface area contributed by atoms with Gasteiger partial charge in [0.05, 0.1) is 29.2 Å². The number of rotatable bonds is 6. The largest absolute Gasteiger partial charge is 0.469 e. The molecule has 0 spiro atoms. The van der Waals surface area contributed by atoms with E-state index in [0.29, 0.717) is 5.76 Å². The van der Waals surface area contributed by atoms with E-state index in [1.165, 1.54) is 6.26 Å². The number of nitrogens with one attached hydrogen (secondary N) is 1. The number of ketones is 1. The minimum atomic E-state index is -3.98. The van der Waals surface area contributed by atoms with E-state index in [9.17, 15) is 13.2 Å². The van der Waals surface area contributed by atoms with Gasteiger partial charge >= 0.3 is 0 Å². The van der Waals surface area contributed by atoms with Crippen molar-refractivity contribution in [1.82, 2.24) is 4.72 Å². The molecule has 2 bridgehead atoms. The van der Waals surface area contributed by atoms with Crippen molar-refractivity contribution in [2.45, 2.75) is 101 Å². The Morgan fingerprint density at radius 3 is 2.19 bits per heavy atom. The first-order chi connectivity index (χ1) is 16.5. The lowest BCUT2D eigenvalue weighted by Crippen LogP contribution is -2.71. The molecule has 0 radical (unpaired) electrons. The average molecular weight is 536 g/mol. The van der Waals surface area contributed by atoms with Crippen molar-refractivity contribution < 1.29 is 31.5 Å². The van der Waals surface area contributed by atoms with E-state index in [1.54, 1.807) is 50.2 Å². The molecule has 1 saturated carbocycles. The van der Waals surface area contributed by atoms with Gasteiger partial charge in [-0.15, -0.1) is 0 Å². The Kier molecular flexibility index (Phi) is 6.94. The van der Waals surface area contributed by atoms with E-state index in [1.807, 2.05) is 6.92 Å². The highest BCUT2D eigenvalue weighted by Gasteiger charge is 2.61. The van der Waals surface area contributed by atoms with E-state index in [2.05, 4.69) is 38.6 Å². The number of ether oxygens (including phenoxy) is 2.